The summed E-state index contributed by atoms with van der Waals surface area (Å²) < 4.78 is 45.6. The molecule has 3 rings (SSSR count). The number of amides is 1. The second-order valence-electron chi connectivity index (χ2n) is 6.59. The first-order valence-corrected chi connectivity index (χ1v) is 9.15. The fourth-order valence-corrected chi connectivity index (χ4v) is 3.17. The van der Waals surface area contributed by atoms with Crippen LogP contribution in [-0.4, -0.2) is 63.3 Å². The molecular formula is C18H20F3N5O4. The molecule has 12 heteroatoms. The van der Waals surface area contributed by atoms with E-state index in [9.17, 15) is 27.9 Å². The second kappa shape index (κ2) is 8.79. The highest BCUT2D eigenvalue weighted by atomic mass is 19.4. The van der Waals surface area contributed by atoms with Crippen LogP contribution < -0.4 is 10.9 Å². The van der Waals surface area contributed by atoms with E-state index >= 15 is 0 Å². The van der Waals surface area contributed by atoms with Gasteiger partial charge in [0.25, 0.3) is 11.5 Å². The van der Waals surface area contributed by atoms with Crippen molar-refractivity contribution in [3.63, 3.8) is 0 Å². The first kappa shape index (κ1) is 21.7. The maximum atomic E-state index is 13.1. The van der Waals surface area contributed by atoms with Crippen molar-refractivity contribution in [1.82, 2.24) is 24.8 Å². The smallest absolute Gasteiger partial charge is 0.434 e. The van der Waals surface area contributed by atoms with Crippen molar-refractivity contribution < 1.29 is 27.8 Å². The molecule has 0 aliphatic carbocycles. The highest BCUT2D eigenvalue weighted by Gasteiger charge is 2.34. The van der Waals surface area contributed by atoms with Gasteiger partial charge in [0.15, 0.2) is 17.1 Å². The Kier molecular flexibility index (Phi) is 6.37. The van der Waals surface area contributed by atoms with Gasteiger partial charge in [0, 0.05) is 32.8 Å². The molecule has 1 fully saturated rings. The summed E-state index contributed by atoms with van der Waals surface area (Å²) in [4.78, 5) is 34.4. The predicted octanol–water partition coefficient (Wildman–Crippen LogP) is 1.11. The number of fused-ring (bicyclic) bond motifs is 1. The van der Waals surface area contributed by atoms with E-state index in [0.29, 0.717) is 32.5 Å². The number of aromatic hydroxyl groups is 1. The maximum absolute atomic E-state index is 13.1. The number of hydrogen-bond donors (Lipinski definition) is 2. The molecule has 2 N–H and O–H groups in total. The standard InChI is InChI=1S/C18H20F3N5O4/c1-2-22-16(28)12-14(27)13-15(23-10-11(24-13)18(19,20)21)26(17(12)29)6-5-25-4-3-8-30-9-7-25/h2,10,27H,1,3-9H2,(H,22,28). The van der Waals surface area contributed by atoms with Gasteiger partial charge in [-0.3, -0.25) is 19.1 Å². The van der Waals surface area contributed by atoms with Crippen molar-refractivity contribution in [2.75, 3.05) is 32.8 Å². The molecule has 0 unspecified atom stereocenters. The van der Waals surface area contributed by atoms with Crippen LogP contribution in [0.5, 0.6) is 5.75 Å². The number of rotatable bonds is 5. The molecule has 1 aliphatic heterocycles. The first-order valence-electron chi connectivity index (χ1n) is 9.15. The van der Waals surface area contributed by atoms with Gasteiger partial charge in [-0.2, -0.15) is 13.2 Å². The number of pyridine rings is 1. The number of halogens is 3. The van der Waals surface area contributed by atoms with E-state index in [0.717, 1.165) is 23.7 Å². The van der Waals surface area contributed by atoms with Crippen molar-refractivity contribution in [2.24, 2.45) is 0 Å². The van der Waals surface area contributed by atoms with Crippen LogP contribution >= 0.6 is 0 Å². The van der Waals surface area contributed by atoms with E-state index < -0.39 is 40.2 Å². The third-order valence-electron chi connectivity index (χ3n) is 4.63. The SMILES string of the molecule is C=CNC(=O)c1c(O)c2nc(C(F)(F)F)cnc2n(CCN2CCCOCC2)c1=O. The average molecular weight is 427 g/mol. The minimum absolute atomic E-state index is 0.0318. The lowest BCUT2D eigenvalue weighted by Gasteiger charge is -2.20. The molecule has 1 saturated heterocycles. The van der Waals surface area contributed by atoms with Gasteiger partial charge in [-0.1, -0.05) is 6.58 Å². The zero-order valence-electron chi connectivity index (χ0n) is 15.9. The fraction of sp³-hybridized carbons (Fsp3) is 0.444. The van der Waals surface area contributed by atoms with Crippen LogP contribution in [0.25, 0.3) is 11.2 Å². The lowest BCUT2D eigenvalue weighted by molar-refractivity contribution is -0.141. The highest BCUT2D eigenvalue weighted by molar-refractivity contribution is 6.01. The summed E-state index contributed by atoms with van der Waals surface area (Å²) in [5.41, 5.74) is -3.80. The molecule has 0 saturated carbocycles. The Morgan fingerprint density at radius 2 is 2.10 bits per heavy atom. The Labute approximate surface area is 168 Å². The number of nitrogens with one attached hydrogen (secondary N) is 1. The molecule has 2 aromatic rings. The Bertz CT molecular complexity index is 1010. The number of carbonyl (C=O) groups is 1. The lowest BCUT2D eigenvalue weighted by Crippen LogP contribution is -2.36. The second-order valence-corrected chi connectivity index (χ2v) is 6.59. The average Bonchev–Trinajstić information content (AvgIpc) is 2.96. The molecule has 30 heavy (non-hydrogen) atoms. The number of carbonyl (C=O) groups excluding carboxylic acids is 1. The van der Waals surface area contributed by atoms with Crippen molar-refractivity contribution in [2.45, 2.75) is 19.1 Å². The van der Waals surface area contributed by atoms with Crippen LogP contribution in [-0.2, 0) is 17.5 Å². The van der Waals surface area contributed by atoms with E-state index in [4.69, 9.17) is 4.74 Å². The van der Waals surface area contributed by atoms with Gasteiger partial charge in [-0.05, 0) is 12.6 Å². The molecule has 0 bridgehead atoms. The van der Waals surface area contributed by atoms with Gasteiger partial charge in [-0.15, -0.1) is 0 Å². The molecular weight excluding hydrogens is 407 g/mol. The van der Waals surface area contributed by atoms with Crippen LogP contribution in [0, 0.1) is 0 Å². The van der Waals surface area contributed by atoms with Crippen LogP contribution in [0.15, 0.2) is 23.8 Å². The minimum Gasteiger partial charge on any atom is -0.505 e. The molecule has 0 aromatic carbocycles. The van der Waals surface area contributed by atoms with Crippen molar-refractivity contribution >= 4 is 17.1 Å². The van der Waals surface area contributed by atoms with Crippen LogP contribution in [0.4, 0.5) is 13.2 Å². The lowest BCUT2D eigenvalue weighted by atomic mass is 10.2. The summed E-state index contributed by atoms with van der Waals surface area (Å²) in [6, 6.07) is 0. The highest BCUT2D eigenvalue weighted by Crippen LogP contribution is 2.30. The fourth-order valence-electron chi connectivity index (χ4n) is 3.17. The number of hydrogen-bond acceptors (Lipinski definition) is 7. The van der Waals surface area contributed by atoms with E-state index in [1.165, 1.54) is 0 Å². The molecule has 2 aromatic heterocycles. The quantitative estimate of drug-likeness (QED) is 0.736. The summed E-state index contributed by atoms with van der Waals surface area (Å²) in [6.45, 7) is 6.19. The summed E-state index contributed by atoms with van der Waals surface area (Å²) in [6.07, 6.45) is -2.54. The molecule has 0 atom stereocenters. The Balaban J connectivity index is 2.12. The number of alkyl halides is 3. The third kappa shape index (κ3) is 4.44. The molecule has 9 nitrogen and oxygen atoms in total. The largest absolute Gasteiger partial charge is 0.505 e. The monoisotopic (exact) mass is 427 g/mol. The number of ether oxygens (including phenoxy) is 1. The van der Waals surface area contributed by atoms with Crippen LogP contribution in [0.3, 0.4) is 0 Å². The van der Waals surface area contributed by atoms with Crippen LogP contribution in [0.1, 0.15) is 22.5 Å². The summed E-state index contributed by atoms with van der Waals surface area (Å²) in [5, 5.41) is 12.5. The Hall–Kier alpha value is -2.99. The third-order valence-corrected chi connectivity index (χ3v) is 4.63. The Morgan fingerprint density at radius 1 is 1.33 bits per heavy atom. The van der Waals surface area contributed by atoms with Gasteiger partial charge < -0.3 is 15.2 Å². The molecule has 3 heterocycles. The zero-order valence-corrected chi connectivity index (χ0v) is 15.9. The number of nitrogens with zero attached hydrogens (tertiary/aromatic N) is 4. The maximum Gasteiger partial charge on any atom is 0.434 e. The normalized spacial score (nSPS) is 15.7. The molecule has 1 aliphatic rings. The van der Waals surface area contributed by atoms with E-state index in [1.807, 2.05) is 4.90 Å². The zero-order chi connectivity index (χ0) is 21.9. The van der Waals surface area contributed by atoms with E-state index in [-0.39, 0.29) is 12.2 Å². The van der Waals surface area contributed by atoms with E-state index in [2.05, 4.69) is 21.9 Å². The molecule has 0 spiro atoms. The van der Waals surface area contributed by atoms with Crippen molar-refractivity contribution in [1.29, 1.82) is 0 Å². The Morgan fingerprint density at radius 3 is 2.80 bits per heavy atom. The van der Waals surface area contributed by atoms with E-state index in [1.54, 1.807) is 0 Å². The first-order chi connectivity index (χ1) is 14.2. The number of aromatic nitrogens is 3. The minimum atomic E-state index is -4.82. The van der Waals surface area contributed by atoms with Gasteiger partial charge in [0.2, 0.25) is 0 Å². The summed E-state index contributed by atoms with van der Waals surface area (Å²) >= 11 is 0. The molecule has 0 radical (unpaired) electrons. The predicted molar refractivity (Wildman–Crippen MR) is 100 cm³/mol. The summed E-state index contributed by atoms with van der Waals surface area (Å²) in [5.74, 6) is -1.97. The van der Waals surface area contributed by atoms with Crippen molar-refractivity contribution in [3.05, 3.63) is 40.6 Å². The molecule has 1 amide bonds. The van der Waals surface area contributed by atoms with Crippen LogP contribution in [0.2, 0.25) is 0 Å². The topological polar surface area (TPSA) is 110 Å². The summed E-state index contributed by atoms with van der Waals surface area (Å²) in [7, 11) is 0. The van der Waals surface area contributed by atoms with Gasteiger partial charge >= 0.3 is 6.18 Å². The molecule has 162 valence electrons. The van der Waals surface area contributed by atoms with Gasteiger partial charge in [0.1, 0.15) is 11.1 Å². The van der Waals surface area contributed by atoms with Gasteiger partial charge in [0.05, 0.1) is 12.8 Å². The van der Waals surface area contributed by atoms with Gasteiger partial charge in [-0.25, -0.2) is 9.97 Å². The van der Waals surface area contributed by atoms with Crippen molar-refractivity contribution in [3.8, 4) is 5.75 Å².